The van der Waals surface area contributed by atoms with E-state index in [4.69, 9.17) is 9.97 Å². The van der Waals surface area contributed by atoms with Crippen molar-refractivity contribution in [1.29, 1.82) is 0 Å². The van der Waals surface area contributed by atoms with Gasteiger partial charge in [0.05, 0.1) is 16.7 Å². The lowest BCUT2D eigenvalue weighted by atomic mass is 9.98. The van der Waals surface area contributed by atoms with E-state index in [9.17, 15) is 0 Å². The molecule has 2 aromatic heterocycles. The highest BCUT2D eigenvalue weighted by atomic mass is 15.0. The van der Waals surface area contributed by atoms with Gasteiger partial charge in [-0.05, 0) is 52.6 Å². The number of hydrogen-bond donors (Lipinski definition) is 0. The second-order valence-electron chi connectivity index (χ2n) is 10.7. The molecule has 0 unspecified atom stereocenters. The molecule has 3 nitrogen and oxygen atoms in total. The number of fused-ring (bicyclic) bond motifs is 3. The van der Waals surface area contributed by atoms with Crippen LogP contribution in [-0.4, -0.2) is 14.5 Å². The van der Waals surface area contributed by atoms with Crippen molar-refractivity contribution in [2.24, 2.45) is 0 Å². The maximum atomic E-state index is 5.29. The van der Waals surface area contributed by atoms with Crippen molar-refractivity contribution < 1.29 is 0 Å². The Bertz CT molecular complexity index is 2220. The van der Waals surface area contributed by atoms with Crippen LogP contribution in [0.1, 0.15) is 0 Å². The summed E-state index contributed by atoms with van der Waals surface area (Å²) in [6.07, 6.45) is 0. The Balaban J connectivity index is 1.35. The largest absolute Gasteiger partial charge is 0.306 e. The molecule has 0 aliphatic rings. The lowest BCUT2D eigenvalue weighted by Crippen LogP contribution is -1.99. The molecule has 0 amide bonds. The maximum Gasteiger partial charge on any atom is 0.160 e. The van der Waals surface area contributed by atoms with Crippen LogP contribution in [0.15, 0.2) is 164 Å². The number of nitrogens with zero attached hydrogens (tertiary/aromatic N) is 3. The van der Waals surface area contributed by atoms with E-state index in [1.54, 1.807) is 0 Å². The number of para-hydroxylation sites is 2. The fourth-order valence-corrected chi connectivity index (χ4v) is 5.96. The minimum atomic E-state index is 0.711. The highest BCUT2D eigenvalue weighted by Crippen LogP contribution is 2.38. The summed E-state index contributed by atoms with van der Waals surface area (Å²) in [6.45, 7) is 0. The molecule has 0 radical (unpaired) electrons. The van der Waals surface area contributed by atoms with Crippen LogP contribution in [0.25, 0.3) is 72.5 Å². The molecule has 0 spiro atoms. The van der Waals surface area contributed by atoms with Crippen LogP contribution in [0, 0.1) is 0 Å². The van der Waals surface area contributed by atoms with Gasteiger partial charge in [-0.15, -0.1) is 0 Å². The summed E-state index contributed by atoms with van der Waals surface area (Å²) in [5, 5.41) is 1.11. The van der Waals surface area contributed by atoms with Gasteiger partial charge in [0.15, 0.2) is 5.82 Å². The van der Waals surface area contributed by atoms with E-state index in [-0.39, 0.29) is 0 Å². The normalized spacial score (nSPS) is 11.3. The first-order valence-electron chi connectivity index (χ1n) is 14.5. The van der Waals surface area contributed by atoms with Gasteiger partial charge in [0.2, 0.25) is 0 Å². The molecule has 0 fully saturated rings. The summed E-state index contributed by atoms with van der Waals surface area (Å²) in [6, 6.07) is 57.2. The number of rotatable bonds is 5. The lowest BCUT2D eigenvalue weighted by molar-refractivity contribution is 1.15. The molecule has 8 aromatic rings. The SMILES string of the molecule is c1ccc(-c2cccc(-c3cccc(-c4nc(-c5ccccc5)c5c(n4)c4ccccc4n5-c4ccccc4)c3)c2)cc1. The predicted molar refractivity (Wildman–Crippen MR) is 178 cm³/mol. The summed E-state index contributed by atoms with van der Waals surface area (Å²) < 4.78 is 2.29. The average molecular weight is 550 g/mol. The van der Waals surface area contributed by atoms with Crippen LogP contribution < -0.4 is 0 Å². The number of hydrogen-bond acceptors (Lipinski definition) is 2. The van der Waals surface area contributed by atoms with Crippen LogP contribution in [-0.2, 0) is 0 Å². The molecule has 2 heterocycles. The Labute approximate surface area is 250 Å². The van der Waals surface area contributed by atoms with Crippen LogP contribution in [0.2, 0.25) is 0 Å². The quantitative estimate of drug-likeness (QED) is 0.214. The van der Waals surface area contributed by atoms with Gasteiger partial charge in [0.25, 0.3) is 0 Å². The van der Waals surface area contributed by atoms with E-state index in [1.165, 1.54) is 11.1 Å². The molecule has 6 aromatic carbocycles. The Morgan fingerprint density at radius 1 is 0.395 bits per heavy atom. The zero-order valence-corrected chi connectivity index (χ0v) is 23.4. The zero-order chi connectivity index (χ0) is 28.6. The molecule has 43 heavy (non-hydrogen) atoms. The Morgan fingerprint density at radius 3 is 1.60 bits per heavy atom. The molecule has 3 heteroatoms. The van der Waals surface area contributed by atoms with E-state index in [1.807, 2.05) is 12.1 Å². The first-order chi connectivity index (χ1) is 21.3. The molecule has 0 aliphatic heterocycles. The minimum Gasteiger partial charge on any atom is -0.306 e. The zero-order valence-electron chi connectivity index (χ0n) is 23.4. The fourth-order valence-electron chi connectivity index (χ4n) is 5.96. The van der Waals surface area contributed by atoms with E-state index in [2.05, 4.69) is 156 Å². The Kier molecular flexibility index (Phi) is 6.12. The molecule has 0 aliphatic carbocycles. The van der Waals surface area contributed by atoms with Crippen molar-refractivity contribution in [3.8, 4) is 50.6 Å². The van der Waals surface area contributed by atoms with Crippen LogP contribution in [0.5, 0.6) is 0 Å². The number of benzene rings is 6. The molecule has 0 saturated heterocycles. The smallest absolute Gasteiger partial charge is 0.160 e. The predicted octanol–water partition coefficient (Wildman–Crippen LogP) is 10.2. The van der Waals surface area contributed by atoms with Crippen LogP contribution in [0.3, 0.4) is 0 Å². The lowest BCUT2D eigenvalue weighted by Gasteiger charge is -2.12. The topological polar surface area (TPSA) is 30.7 Å². The van der Waals surface area contributed by atoms with E-state index >= 15 is 0 Å². The third-order valence-corrected chi connectivity index (χ3v) is 7.99. The van der Waals surface area contributed by atoms with Gasteiger partial charge < -0.3 is 4.57 Å². The monoisotopic (exact) mass is 549 g/mol. The molecule has 0 bridgehead atoms. The molecular formula is C40H27N3. The second-order valence-corrected chi connectivity index (χ2v) is 10.7. The van der Waals surface area contributed by atoms with Crippen LogP contribution >= 0.6 is 0 Å². The third-order valence-electron chi connectivity index (χ3n) is 7.99. The molecule has 202 valence electrons. The van der Waals surface area contributed by atoms with E-state index in [0.29, 0.717) is 5.82 Å². The van der Waals surface area contributed by atoms with Crippen molar-refractivity contribution in [1.82, 2.24) is 14.5 Å². The molecule has 0 saturated carbocycles. The third kappa shape index (κ3) is 4.48. The van der Waals surface area contributed by atoms with Crippen molar-refractivity contribution >= 4 is 21.9 Å². The van der Waals surface area contributed by atoms with Crippen molar-refractivity contribution in [3.63, 3.8) is 0 Å². The average Bonchev–Trinajstić information content (AvgIpc) is 3.43. The highest BCUT2D eigenvalue weighted by molar-refractivity contribution is 6.11. The van der Waals surface area contributed by atoms with Gasteiger partial charge in [0, 0.05) is 22.2 Å². The molecule has 8 rings (SSSR count). The Morgan fingerprint density at radius 2 is 0.907 bits per heavy atom. The minimum absolute atomic E-state index is 0.711. The summed E-state index contributed by atoms with van der Waals surface area (Å²) in [5.41, 5.74) is 11.8. The highest BCUT2D eigenvalue weighted by Gasteiger charge is 2.21. The van der Waals surface area contributed by atoms with Gasteiger partial charge in [-0.25, -0.2) is 9.97 Å². The summed E-state index contributed by atoms with van der Waals surface area (Å²) in [5.74, 6) is 0.711. The molecular weight excluding hydrogens is 522 g/mol. The van der Waals surface area contributed by atoms with Gasteiger partial charge in [-0.2, -0.15) is 0 Å². The van der Waals surface area contributed by atoms with E-state index < -0.39 is 0 Å². The summed E-state index contributed by atoms with van der Waals surface area (Å²) >= 11 is 0. The molecule has 0 N–H and O–H groups in total. The van der Waals surface area contributed by atoms with E-state index in [0.717, 1.165) is 55.6 Å². The van der Waals surface area contributed by atoms with Gasteiger partial charge in [-0.1, -0.05) is 133 Å². The fraction of sp³-hybridized carbons (Fsp3) is 0. The van der Waals surface area contributed by atoms with Crippen molar-refractivity contribution in [3.05, 3.63) is 164 Å². The second kappa shape index (κ2) is 10.6. The van der Waals surface area contributed by atoms with Crippen molar-refractivity contribution in [2.75, 3.05) is 0 Å². The molecule has 0 atom stereocenters. The van der Waals surface area contributed by atoms with Crippen molar-refractivity contribution in [2.45, 2.75) is 0 Å². The van der Waals surface area contributed by atoms with Gasteiger partial charge in [0.1, 0.15) is 5.52 Å². The van der Waals surface area contributed by atoms with Crippen LogP contribution in [0.4, 0.5) is 0 Å². The summed E-state index contributed by atoms with van der Waals surface area (Å²) in [7, 11) is 0. The first-order valence-corrected chi connectivity index (χ1v) is 14.5. The summed E-state index contributed by atoms with van der Waals surface area (Å²) in [4.78, 5) is 10.6. The standard InChI is InChI=1S/C40H27N3/c1-4-14-28(15-5-1)30-18-12-19-31(26-30)32-20-13-21-33(27-32)40-41-37(29-16-6-2-7-17-29)39-38(42-40)35-24-10-11-25-36(35)43(39)34-22-8-3-9-23-34/h1-27H. The maximum absolute atomic E-state index is 5.29. The number of aromatic nitrogens is 3. The first kappa shape index (κ1) is 25.0. The van der Waals surface area contributed by atoms with Gasteiger partial charge >= 0.3 is 0 Å². The Hall–Kier alpha value is -5.80. The van der Waals surface area contributed by atoms with Gasteiger partial charge in [-0.3, -0.25) is 0 Å².